The molecule has 11 nitrogen and oxygen atoms in total. The average molecular weight is 573 g/mol. The van der Waals surface area contributed by atoms with Gasteiger partial charge in [0.25, 0.3) is 5.91 Å². The van der Waals surface area contributed by atoms with E-state index in [0.717, 1.165) is 11.9 Å². The molecule has 0 aliphatic carbocycles. The second-order valence-corrected chi connectivity index (χ2v) is 11.0. The molecule has 4 N–H and O–H groups in total. The van der Waals surface area contributed by atoms with Crippen molar-refractivity contribution in [2.24, 2.45) is 0 Å². The summed E-state index contributed by atoms with van der Waals surface area (Å²) in [6.07, 6.45) is 3.90. The molecule has 0 aliphatic rings. The van der Waals surface area contributed by atoms with E-state index in [0.29, 0.717) is 22.0 Å². The Bertz CT molecular complexity index is 1820. The van der Waals surface area contributed by atoms with E-state index < -0.39 is 34.5 Å². The fourth-order valence-corrected chi connectivity index (χ4v) is 5.97. The summed E-state index contributed by atoms with van der Waals surface area (Å²) in [6.45, 7) is 1.56. The number of benzene rings is 3. The van der Waals surface area contributed by atoms with Crippen LogP contribution in [0.15, 0.2) is 96.2 Å². The molecule has 1 amide bonds. The molecule has 2 aromatic heterocycles. The topological polar surface area (TPSA) is 155 Å². The molecule has 12 heteroatoms. The molecule has 0 bridgehead atoms. The van der Waals surface area contributed by atoms with Gasteiger partial charge in [-0.2, -0.15) is 9.82 Å². The first-order chi connectivity index (χ1) is 19.8. The number of amides is 1. The molecule has 0 spiro atoms. The number of sulfonamides is 1. The minimum atomic E-state index is -4.21. The second-order valence-electron chi connectivity index (χ2n) is 9.35. The first-order valence-electron chi connectivity index (χ1n) is 12.9. The zero-order valence-corrected chi connectivity index (χ0v) is 22.9. The third-order valence-corrected chi connectivity index (χ3v) is 8.15. The van der Waals surface area contributed by atoms with E-state index in [1.807, 2.05) is 29.8 Å². The summed E-state index contributed by atoms with van der Waals surface area (Å²) in [6, 6.07) is 20.7. The van der Waals surface area contributed by atoms with E-state index in [1.165, 1.54) is 6.07 Å². The molecule has 5 rings (SSSR count). The van der Waals surface area contributed by atoms with E-state index in [9.17, 15) is 23.1 Å². The number of carboxylic acid groups (broad SMARTS) is 1. The van der Waals surface area contributed by atoms with Gasteiger partial charge in [0.1, 0.15) is 18.0 Å². The average Bonchev–Trinajstić information content (AvgIpc) is 3.41. The van der Waals surface area contributed by atoms with Crippen LogP contribution in [0.1, 0.15) is 29.9 Å². The van der Waals surface area contributed by atoms with E-state index in [-0.39, 0.29) is 16.6 Å². The number of aliphatic carboxylic acids is 1. The molecule has 41 heavy (non-hydrogen) atoms. The lowest BCUT2D eigenvalue weighted by Crippen LogP contribution is -2.48. The molecule has 0 fully saturated rings. The highest BCUT2D eigenvalue weighted by Gasteiger charge is 2.27. The smallest absolute Gasteiger partial charge is 0.323 e. The number of pyridine rings is 1. The van der Waals surface area contributed by atoms with Crippen molar-refractivity contribution in [3.8, 4) is 0 Å². The maximum atomic E-state index is 13.1. The van der Waals surface area contributed by atoms with Crippen LogP contribution in [0.3, 0.4) is 0 Å². The van der Waals surface area contributed by atoms with Crippen LogP contribution < -0.4 is 15.4 Å². The van der Waals surface area contributed by atoms with Crippen molar-refractivity contribution in [3.05, 3.63) is 96.8 Å². The van der Waals surface area contributed by atoms with Crippen LogP contribution in [-0.2, 0) is 14.8 Å². The van der Waals surface area contributed by atoms with Gasteiger partial charge in [0.05, 0.1) is 16.6 Å². The number of carbonyl (C=O) groups excluding carboxylic acids is 1. The zero-order valence-electron chi connectivity index (χ0n) is 22.1. The van der Waals surface area contributed by atoms with Crippen LogP contribution in [0.5, 0.6) is 0 Å². The molecule has 0 saturated carbocycles. The number of nitrogens with one attached hydrogen (secondary N) is 3. The number of anilines is 1. The van der Waals surface area contributed by atoms with Crippen molar-refractivity contribution in [2.75, 3.05) is 11.9 Å². The SMILES string of the molecule is CCC(Nc1ccccn1)n1ncc2cc(C(=O)NCC(NS(=O)(=O)c3cccc4ccccc34)C(=O)O)ccc21. The van der Waals surface area contributed by atoms with Gasteiger partial charge in [-0.15, -0.1) is 0 Å². The Morgan fingerprint density at radius 3 is 2.51 bits per heavy atom. The molecule has 2 unspecified atom stereocenters. The molecule has 210 valence electrons. The number of carbonyl (C=O) groups is 2. The van der Waals surface area contributed by atoms with Crippen LogP contribution in [0.4, 0.5) is 5.82 Å². The van der Waals surface area contributed by atoms with Crippen molar-refractivity contribution >= 4 is 49.4 Å². The van der Waals surface area contributed by atoms with Crippen LogP contribution in [-0.4, -0.2) is 52.8 Å². The second kappa shape index (κ2) is 11.7. The van der Waals surface area contributed by atoms with E-state index >= 15 is 0 Å². The number of fused-ring (bicyclic) bond motifs is 2. The van der Waals surface area contributed by atoms with Gasteiger partial charge in [-0.25, -0.2) is 18.1 Å². The molecule has 0 radical (unpaired) electrons. The van der Waals surface area contributed by atoms with Gasteiger partial charge < -0.3 is 15.7 Å². The molecule has 3 aromatic carbocycles. The number of hydrogen-bond donors (Lipinski definition) is 4. The fourth-order valence-electron chi connectivity index (χ4n) is 4.55. The van der Waals surface area contributed by atoms with Crippen molar-refractivity contribution in [1.82, 2.24) is 24.8 Å². The molecule has 0 saturated heterocycles. The highest BCUT2D eigenvalue weighted by molar-refractivity contribution is 7.89. The maximum absolute atomic E-state index is 13.1. The Morgan fingerprint density at radius 2 is 1.76 bits per heavy atom. The highest BCUT2D eigenvalue weighted by atomic mass is 32.2. The van der Waals surface area contributed by atoms with E-state index in [4.69, 9.17) is 0 Å². The number of aromatic nitrogens is 3. The number of hydrogen-bond acceptors (Lipinski definition) is 7. The monoisotopic (exact) mass is 572 g/mol. The lowest BCUT2D eigenvalue weighted by molar-refractivity contribution is -0.138. The lowest BCUT2D eigenvalue weighted by atomic mass is 10.1. The minimum Gasteiger partial charge on any atom is -0.480 e. The Morgan fingerprint density at radius 1 is 0.976 bits per heavy atom. The Labute approximate surface area is 236 Å². The van der Waals surface area contributed by atoms with Crippen molar-refractivity contribution in [1.29, 1.82) is 0 Å². The predicted molar refractivity (Wildman–Crippen MR) is 155 cm³/mol. The molecule has 2 atom stereocenters. The number of carboxylic acids is 1. The largest absolute Gasteiger partial charge is 0.480 e. The predicted octanol–water partition coefficient (Wildman–Crippen LogP) is 3.77. The van der Waals surface area contributed by atoms with Gasteiger partial charge in [0, 0.05) is 29.1 Å². The summed E-state index contributed by atoms with van der Waals surface area (Å²) in [5, 5.41) is 22.0. The normalized spacial score (nSPS) is 13.1. The van der Waals surface area contributed by atoms with Gasteiger partial charge >= 0.3 is 5.97 Å². The zero-order chi connectivity index (χ0) is 29.0. The van der Waals surface area contributed by atoms with Crippen LogP contribution in [0.25, 0.3) is 21.7 Å². The molecule has 0 aliphatic heterocycles. The third-order valence-electron chi connectivity index (χ3n) is 6.62. The number of nitrogens with zero attached hydrogens (tertiary/aromatic N) is 3. The van der Waals surface area contributed by atoms with E-state index in [2.05, 4.69) is 25.4 Å². The standard InChI is InChI=1S/C29H28N6O5S/c1-2-27(33-26-12-5-6-15-30-26)35-24-14-13-20(16-21(24)17-32-35)28(36)31-18-23(29(37)38)34-41(39,40)25-11-7-9-19-8-3-4-10-22(19)25/h3-17,23,27,34H,2,18H2,1H3,(H,30,33)(H,31,36)(H,37,38). The molecular weight excluding hydrogens is 544 g/mol. The summed E-state index contributed by atoms with van der Waals surface area (Å²) in [5.41, 5.74) is 1.08. The van der Waals surface area contributed by atoms with E-state index in [1.54, 1.807) is 67.0 Å². The van der Waals surface area contributed by atoms with Crippen LogP contribution in [0, 0.1) is 0 Å². The Hall–Kier alpha value is -4.81. The Balaban J connectivity index is 1.29. The molecular formula is C29H28N6O5S. The lowest BCUT2D eigenvalue weighted by Gasteiger charge is -2.19. The van der Waals surface area contributed by atoms with Crippen molar-refractivity contribution < 1.29 is 23.1 Å². The maximum Gasteiger partial charge on any atom is 0.323 e. The summed E-state index contributed by atoms with van der Waals surface area (Å²) in [5.74, 6) is -1.26. The van der Waals surface area contributed by atoms with Crippen LogP contribution >= 0.6 is 0 Å². The summed E-state index contributed by atoms with van der Waals surface area (Å²) in [4.78, 5) is 29.1. The summed E-state index contributed by atoms with van der Waals surface area (Å²) < 4.78 is 30.3. The third kappa shape index (κ3) is 6.03. The van der Waals surface area contributed by atoms with Crippen molar-refractivity contribution in [2.45, 2.75) is 30.4 Å². The minimum absolute atomic E-state index is 0.0430. The summed E-state index contributed by atoms with van der Waals surface area (Å²) >= 11 is 0. The van der Waals surface area contributed by atoms with Gasteiger partial charge in [0.15, 0.2) is 0 Å². The molecule has 5 aromatic rings. The highest BCUT2D eigenvalue weighted by Crippen LogP contribution is 2.24. The first kappa shape index (κ1) is 27.7. The van der Waals surface area contributed by atoms with Gasteiger partial charge in [-0.3, -0.25) is 9.59 Å². The van der Waals surface area contributed by atoms with Gasteiger partial charge in [-0.1, -0.05) is 49.4 Å². The molecule has 2 heterocycles. The van der Waals surface area contributed by atoms with Crippen molar-refractivity contribution in [3.63, 3.8) is 0 Å². The van der Waals surface area contributed by atoms with Crippen LogP contribution in [0.2, 0.25) is 0 Å². The fraction of sp³-hybridized carbons (Fsp3) is 0.172. The Kier molecular flexibility index (Phi) is 7.95. The van der Waals surface area contributed by atoms with Gasteiger partial charge in [0.2, 0.25) is 10.0 Å². The summed E-state index contributed by atoms with van der Waals surface area (Å²) in [7, 11) is -4.21. The number of rotatable bonds is 11. The first-order valence-corrected chi connectivity index (χ1v) is 14.4. The quantitative estimate of drug-likeness (QED) is 0.186. The van der Waals surface area contributed by atoms with Gasteiger partial charge in [-0.05, 0) is 48.2 Å².